The van der Waals surface area contributed by atoms with Gasteiger partial charge in [0, 0.05) is 32.9 Å². The van der Waals surface area contributed by atoms with Crippen LogP contribution in [0.4, 0.5) is 5.82 Å². The molecule has 9 nitrogen and oxygen atoms in total. The molecule has 2 aromatic heterocycles. The highest BCUT2D eigenvalue weighted by Gasteiger charge is 2.18. The summed E-state index contributed by atoms with van der Waals surface area (Å²) in [6.45, 7) is 2.94. The van der Waals surface area contributed by atoms with E-state index in [9.17, 15) is 13.2 Å². The van der Waals surface area contributed by atoms with Gasteiger partial charge in [0.2, 0.25) is 10.0 Å². The van der Waals surface area contributed by atoms with E-state index in [1.807, 2.05) is 6.07 Å². The van der Waals surface area contributed by atoms with Gasteiger partial charge >= 0.3 is 5.76 Å². The average Bonchev–Trinajstić information content (AvgIpc) is 3.01. The summed E-state index contributed by atoms with van der Waals surface area (Å²) in [5.41, 5.74) is 1.57. The number of ether oxygens (including phenoxy) is 1. The predicted octanol–water partition coefficient (Wildman–Crippen LogP) is 0.842. The third-order valence-electron chi connectivity index (χ3n) is 4.68. The Morgan fingerprint density at radius 2 is 1.96 bits per heavy atom. The number of benzene rings is 1. The molecular weight excluding hydrogens is 384 g/mol. The molecule has 0 amide bonds. The number of pyridine rings is 1. The van der Waals surface area contributed by atoms with Crippen LogP contribution in [0, 0.1) is 0 Å². The van der Waals surface area contributed by atoms with Crippen molar-refractivity contribution < 1.29 is 17.6 Å². The highest BCUT2D eigenvalue weighted by atomic mass is 32.2. The van der Waals surface area contributed by atoms with E-state index in [0.717, 1.165) is 24.5 Å². The van der Waals surface area contributed by atoms with Crippen molar-refractivity contribution in [1.82, 2.24) is 14.3 Å². The molecule has 1 aliphatic rings. The van der Waals surface area contributed by atoms with Crippen molar-refractivity contribution >= 4 is 26.9 Å². The van der Waals surface area contributed by atoms with Gasteiger partial charge in [-0.15, -0.1) is 0 Å². The summed E-state index contributed by atoms with van der Waals surface area (Å²) in [5.74, 6) is 0.264. The zero-order chi connectivity index (χ0) is 19.7. The molecule has 3 heterocycles. The third-order valence-corrected chi connectivity index (χ3v) is 6.08. The molecule has 1 aliphatic heterocycles. The monoisotopic (exact) mass is 404 g/mol. The van der Waals surface area contributed by atoms with Gasteiger partial charge in [0.15, 0.2) is 5.58 Å². The molecule has 0 unspecified atom stereocenters. The fourth-order valence-corrected chi connectivity index (χ4v) is 4.11. The van der Waals surface area contributed by atoms with E-state index in [0.29, 0.717) is 24.3 Å². The van der Waals surface area contributed by atoms with Crippen molar-refractivity contribution in [1.29, 1.82) is 0 Å². The second kappa shape index (κ2) is 7.38. The zero-order valence-electron chi connectivity index (χ0n) is 15.3. The van der Waals surface area contributed by atoms with Crippen LogP contribution >= 0.6 is 0 Å². The third kappa shape index (κ3) is 3.66. The lowest BCUT2D eigenvalue weighted by atomic mass is 10.2. The van der Waals surface area contributed by atoms with Crippen LogP contribution in [-0.2, 0) is 28.4 Å². The average molecular weight is 404 g/mol. The minimum Gasteiger partial charge on any atom is -0.408 e. The molecule has 0 aliphatic carbocycles. The van der Waals surface area contributed by atoms with E-state index in [1.54, 1.807) is 12.3 Å². The first-order chi connectivity index (χ1) is 13.4. The number of anilines is 1. The van der Waals surface area contributed by atoms with Gasteiger partial charge in [-0.1, -0.05) is 0 Å². The number of oxazole rings is 1. The van der Waals surface area contributed by atoms with Gasteiger partial charge in [-0.3, -0.25) is 4.57 Å². The fraction of sp³-hybridized carbons (Fsp3) is 0.333. The molecule has 4 rings (SSSR count). The van der Waals surface area contributed by atoms with Crippen LogP contribution in [0.3, 0.4) is 0 Å². The van der Waals surface area contributed by atoms with E-state index in [2.05, 4.69) is 14.6 Å². The lowest BCUT2D eigenvalue weighted by molar-refractivity contribution is 0.122. The maximum Gasteiger partial charge on any atom is 0.419 e. The summed E-state index contributed by atoms with van der Waals surface area (Å²) in [4.78, 5) is 18.1. The van der Waals surface area contributed by atoms with Gasteiger partial charge in [-0.25, -0.2) is 22.9 Å². The van der Waals surface area contributed by atoms with Crippen LogP contribution < -0.4 is 15.4 Å². The number of hydrogen-bond acceptors (Lipinski definition) is 7. The van der Waals surface area contributed by atoms with E-state index in [1.165, 1.54) is 29.8 Å². The minimum atomic E-state index is -3.76. The van der Waals surface area contributed by atoms with Crippen molar-refractivity contribution in [3.8, 4) is 0 Å². The molecular formula is C18H20N4O5S. The normalized spacial score (nSPS) is 15.2. The first kappa shape index (κ1) is 18.7. The van der Waals surface area contributed by atoms with Crippen molar-refractivity contribution in [2.24, 2.45) is 7.05 Å². The van der Waals surface area contributed by atoms with Gasteiger partial charge in [-0.05, 0) is 35.9 Å². The number of fused-ring (bicyclic) bond motifs is 1. The number of morpholine rings is 1. The molecule has 28 heavy (non-hydrogen) atoms. The number of rotatable bonds is 5. The fourth-order valence-electron chi connectivity index (χ4n) is 3.07. The van der Waals surface area contributed by atoms with Gasteiger partial charge in [0.05, 0.1) is 23.6 Å². The number of hydrogen-bond donors (Lipinski definition) is 1. The Morgan fingerprint density at radius 3 is 2.75 bits per heavy atom. The highest BCUT2D eigenvalue weighted by molar-refractivity contribution is 7.89. The van der Waals surface area contributed by atoms with Crippen LogP contribution in [-0.4, -0.2) is 44.3 Å². The maximum atomic E-state index is 12.7. The topological polar surface area (TPSA) is 107 Å². The van der Waals surface area contributed by atoms with Crippen LogP contribution in [0.5, 0.6) is 0 Å². The lowest BCUT2D eigenvalue weighted by Gasteiger charge is -2.28. The van der Waals surface area contributed by atoms with Crippen molar-refractivity contribution in [2.45, 2.75) is 11.4 Å². The molecule has 0 spiro atoms. The summed E-state index contributed by atoms with van der Waals surface area (Å²) in [5, 5.41) is 0. The molecule has 1 N–H and O–H groups in total. The van der Waals surface area contributed by atoms with Gasteiger partial charge in [0.1, 0.15) is 5.82 Å². The highest BCUT2D eigenvalue weighted by Crippen LogP contribution is 2.19. The van der Waals surface area contributed by atoms with Gasteiger partial charge in [-0.2, -0.15) is 0 Å². The van der Waals surface area contributed by atoms with Crippen molar-refractivity contribution in [2.75, 3.05) is 31.2 Å². The molecule has 1 fully saturated rings. The first-order valence-electron chi connectivity index (χ1n) is 8.81. The number of sulfonamides is 1. The maximum absolute atomic E-state index is 12.7. The molecule has 3 aromatic rings. The van der Waals surface area contributed by atoms with Gasteiger partial charge in [0.25, 0.3) is 0 Å². The smallest absolute Gasteiger partial charge is 0.408 e. The Bertz CT molecular complexity index is 1160. The van der Waals surface area contributed by atoms with E-state index >= 15 is 0 Å². The first-order valence-corrected chi connectivity index (χ1v) is 10.3. The van der Waals surface area contributed by atoms with Gasteiger partial charge < -0.3 is 14.1 Å². The molecule has 0 radical (unpaired) electrons. The summed E-state index contributed by atoms with van der Waals surface area (Å²) in [7, 11) is -2.23. The second-order valence-corrected chi connectivity index (χ2v) is 8.27. The molecule has 10 heteroatoms. The Labute approximate surface area is 161 Å². The standard InChI is InChI=1S/C18H20N4O5S/c1-21-15-11-14(2-3-16(15)27-18(21)23)28(24,25)20-12-13-4-5-19-17(10-13)22-6-8-26-9-7-22/h2-5,10-11,20H,6-9,12H2,1H3. The van der Waals surface area contributed by atoms with Crippen molar-refractivity contribution in [3.63, 3.8) is 0 Å². The predicted molar refractivity (Wildman–Crippen MR) is 103 cm³/mol. The summed E-state index contributed by atoms with van der Waals surface area (Å²) < 4.78 is 39.6. The summed E-state index contributed by atoms with van der Waals surface area (Å²) in [6, 6.07) is 7.97. The Kier molecular flexibility index (Phi) is 4.92. The number of aryl methyl sites for hydroxylation is 1. The van der Waals surface area contributed by atoms with Crippen LogP contribution in [0.15, 0.2) is 50.6 Å². The Morgan fingerprint density at radius 1 is 1.18 bits per heavy atom. The SMILES string of the molecule is Cn1c(=O)oc2ccc(S(=O)(=O)NCc3ccnc(N4CCOCC4)c3)cc21. The Hall–Kier alpha value is -2.69. The number of aromatic nitrogens is 2. The lowest BCUT2D eigenvalue weighted by Crippen LogP contribution is -2.36. The quantitative estimate of drug-likeness (QED) is 0.672. The van der Waals surface area contributed by atoms with E-state index in [-0.39, 0.29) is 11.4 Å². The summed E-state index contributed by atoms with van der Waals surface area (Å²) >= 11 is 0. The number of nitrogens with zero attached hydrogens (tertiary/aromatic N) is 3. The molecule has 148 valence electrons. The Balaban J connectivity index is 1.52. The van der Waals surface area contributed by atoms with E-state index in [4.69, 9.17) is 9.15 Å². The van der Waals surface area contributed by atoms with Crippen LogP contribution in [0.1, 0.15) is 5.56 Å². The number of nitrogens with one attached hydrogen (secondary N) is 1. The van der Waals surface area contributed by atoms with E-state index < -0.39 is 15.8 Å². The molecule has 0 bridgehead atoms. The molecule has 0 atom stereocenters. The largest absolute Gasteiger partial charge is 0.419 e. The van der Waals surface area contributed by atoms with Crippen LogP contribution in [0.25, 0.3) is 11.1 Å². The zero-order valence-corrected chi connectivity index (χ0v) is 16.1. The van der Waals surface area contributed by atoms with Crippen LogP contribution in [0.2, 0.25) is 0 Å². The molecule has 1 aromatic carbocycles. The molecule has 1 saturated heterocycles. The second-order valence-electron chi connectivity index (χ2n) is 6.50. The molecule has 0 saturated carbocycles. The van der Waals surface area contributed by atoms with Crippen molar-refractivity contribution in [3.05, 3.63) is 52.6 Å². The minimum absolute atomic E-state index is 0.0684. The summed E-state index contributed by atoms with van der Waals surface area (Å²) in [6.07, 6.45) is 1.67.